The average molecular weight is 236 g/mol. The van der Waals surface area contributed by atoms with Crippen molar-refractivity contribution in [3.63, 3.8) is 0 Å². The lowest BCUT2D eigenvalue weighted by atomic mass is 9.92. The van der Waals surface area contributed by atoms with Crippen molar-refractivity contribution in [2.24, 2.45) is 5.73 Å². The van der Waals surface area contributed by atoms with Gasteiger partial charge in [0.2, 0.25) is 0 Å². The fourth-order valence-corrected chi connectivity index (χ4v) is 2.46. The first kappa shape index (κ1) is 12.2. The van der Waals surface area contributed by atoms with Crippen LogP contribution in [0.4, 0.5) is 0 Å². The van der Waals surface area contributed by atoms with Crippen molar-refractivity contribution in [2.75, 3.05) is 34.4 Å². The van der Waals surface area contributed by atoms with Crippen molar-refractivity contribution in [3.8, 4) is 11.5 Å². The average Bonchev–Trinajstić information content (AvgIpc) is 2.37. The van der Waals surface area contributed by atoms with E-state index < -0.39 is 0 Å². The second-order valence-corrected chi connectivity index (χ2v) is 4.39. The van der Waals surface area contributed by atoms with Crippen molar-refractivity contribution in [1.82, 2.24) is 4.90 Å². The lowest BCUT2D eigenvalue weighted by molar-refractivity contribution is 0.235. The highest BCUT2D eigenvalue weighted by Gasteiger charge is 2.25. The van der Waals surface area contributed by atoms with Crippen LogP contribution < -0.4 is 15.2 Å². The third kappa shape index (κ3) is 2.10. The van der Waals surface area contributed by atoms with E-state index in [1.807, 2.05) is 0 Å². The summed E-state index contributed by atoms with van der Waals surface area (Å²) in [6.45, 7) is 1.66. The summed E-state index contributed by atoms with van der Waals surface area (Å²) >= 11 is 0. The summed E-state index contributed by atoms with van der Waals surface area (Å²) in [5.41, 5.74) is 8.44. The van der Waals surface area contributed by atoms with Gasteiger partial charge in [0.25, 0.3) is 0 Å². The zero-order valence-electron chi connectivity index (χ0n) is 10.7. The van der Waals surface area contributed by atoms with E-state index in [9.17, 15) is 0 Å². The Morgan fingerprint density at radius 2 is 1.94 bits per heavy atom. The molecule has 0 spiro atoms. The normalized spacial score (nSPS) is 19.9. The molecule has 1 atom stereocenters. The van der Waals surface area contributed by atoms with Crippen LogP contribution in [0.3, 0.4) is 0 Å². The van der Waals surface area contributed by atoms with E-state index in [1.54, 1.807) is 14.2 Å². The molecular formula is C13H20N2O2. The van der Waals surface area contributed by atoms with Crippen molar-refractivity contribution < 1.29 is 9.47 Å². The Morgan fingerprint density at radius 1 is 1.29 bits per heavy atom. The highest BCUT2D eigenvalue weighted by Crippen LogP contribution is 2.36. The van der Waals surface area contributed by atoms with Crippen molar-refractivity contribution >= 4 is 0 Å². The van der Waals surface area contributed by atoms with Crippen LogP contribution in [-0.2, 0) is 6.42 Å². The minimum atomic E-state index is 0.276. The first-order chi connectivity index (χ1) is 8.21. The molecule has 0 fully saturated rings. The fraction of sp³-hybridized carbons (Fsp3) is 0.538. The van der Waals surface area contributed by atoms with E-state index in [1.165, 1.54) is 11.1 Å². The Hall–Kier alpha value is -1.26. The number of methoxy groups -OCH3 is 2. The number of hydrogen-bond acceptors (Lipinski definition) is 4. The Morgan fingerprint density at radius 3 is 2.53 bits per heavy atom. The number of likely N-dealkylation sites (N-methyl/N-ethyl adjacent to an activating group) is 1. The highest BCUT2D eigenvalue weighted by molar-refractivity contribution is 5.49. The first-order valence-corrected chi connectivity index (χ1v) is 5.86. The number of benzene rings is 1. The van der Waals surface area contributed by atoms with E-state index in [-0.39, 0.29) is 6.04 Å². The molecule has 1 aliphatic rings. The molecule has 0 radical (unpaired) electrons. The molecule has 0 aromatic heterocycles. The summed E-state index contributed by atoms with van der Waals surface area (Å²) in [6.07, 6.45) is 1.03. The van der Waals surface area contributed by atoms with E-state index >= 15 is 0 Å². The van der Waals surface area contributed by atoms with E-state index in [0.29, 0.717) is 6.54 Å². The maximum absolute atomic E-state index is 5.86. The quantitative estimate of drug-likeness (QED) is 0.856. The molecule has 1 aromatic rings. The Kier molecular flexibility index (Phi) is 3.54. The van der Waals surface area contributed by atoms with Gasteiger partial charge in [-0.3, -0.25) is 4.90 Å². The molecule has 0 amide bonds. The molecule has 4 heteroatoms. The van der Waals surface area contributed by atoms with Crippen LogP contribution in [0.15, 0.2) is 12.1 Å². The van der Waals surface area contributed by atoms with Crippen LogP contribution in [0.2, 0.25) is 0 Å². The molecule has 1 aliphatic heterocycles. The summed E-state index contributed by atoms with van der Waals surface area (Å²) in [6, 6.07) is 4.41. The molecular weight excluding hydrogens is 216 g/mol. The van der Waals surface area contributed by atoms with E-state index in [4.69, 9.17) is 15.2 Å². The van der Waals surface area contributed by atoms with Gasteiger partial charge in [0.1, 0.15) is 0 Å². The monoisotopic (exact) mass is 236 g/mol. The Balaban J connectivity index is 2.48. The molecule has 0 bridgehead atoms. The van der Waals surface area contributed by atoms with Gasteiger partial charge in [0.15, 0.2) is 11.5 Å². The molecule has 0 saturated heterocycles. The molecule has 4 nitrogen and oxygen atoms in total. The Bertz CT molecular complexity index is 407. The lowest BCUT2D eigenvalue weighted by Crippen LogP contribution is -2.36. The van der Waals surface area contributed by atoms with Crippen LogP contribution in [-0.4, -0.2) is 39.3 Å². The Labute approximate surface area is 102 Å². The van der Waals surface area contributed by atoms with Gasteiger partial charge in [0, 0.05) is 19.1 Å². The summed E-state index contributed by atoms with van der Waals surface area (Å²) in [5, 5.41) is 0. The summed E-state index contributed by atoms with van der Waals surface area (Å²) < 4.78 is 10.7. The van der Waals surface area contributed by atoms with E-state index in [2.05, 4.69) is 24.1 Å². The molecule has 2 rings (SSSR count). The van der Waals surface area contributed by atoms with Gasteiger partial charge in [-0.15, -0.1) is 0 Å². The van der Waals surface area contributed by atoms with Crippen LogP contribution in [0.1, 0.15) is 17.2 Å². The molecule has 94 valence electrons. The molecule has 2 N–H and O–H groups in total. The largest absolute Gasteiger partial charge is 0.493 e. The number of fused-ring (bicyclic) bond motifs is 1. The molecule has 0 saturated carbocycles. The van der Waals surface area contributed by atoms with E-state index in [0.717, 1.165) is 24.5 Å². The minimum absolute atomic E-state index is 0.276. The zero-order valence-corrected chi connectivity index (χ0v) is 10.7. The number of nitrogens with two attached hydrogens (primary N) is 1. The van der Waals surface area contributed by atoms with Crippen molar-refractivity contribution in [1.29, 1.82) is 0 Å². The number of nitrogens with zero attached hydrogens (tertiary/aromatic N) is 1. The molecule has 0 aliphatic carbocycles. The molecule has 1 heterocycles. The van der Waals surface area contributed by atoms with Crippen LogP contribution in [0.25, 0.3) is 0 Å². The fourth-order valence-electron chi connectivity index (χ4n) is 2.46. The number of hydrogen-bond donors (Lipinski definition) is 1. The maximum atomic E-state index is 5.86. The maximum Gasteiger partial charge on any atom is 0.161 e. The zero-order chi connectivity index (χ0) is 12.4. The van der Waals surface area contributed by atoms with Crippen LogP contribution >= 0.6 is 0 Å². The lowest BCUT2D eigenvalue weighted by Gasteiger charge is -2.34. The number of ether oxygens (including phenoxy) is 2. The minimum Gasteiger partial charge on any atom is -0.493 e. The third-order valence-electron chi connectivity index (χ3n) is 3.49. The molecule has 1 unspecified atom stereocenters. The topological polar surface area (TPSA) is 47.7 Å². The molecule has 1 aromatic carbocycles. The van der Waals surface area contributed by atoms with Crippen LogP contribution in [0, 0.1) is 0 Å². The number of rotatable bonds is 3. The van der Waals surface area contributed by atoms with Crippen molar-refractivity contribution in [3.05, 3.63) is 23.3 Å². The van der Waals surface area contributed by atoms with Crippen LogP contribution in [0.5, 0.6) is 11.5 Å². The van der Waals surface area contributed by atoms with Gasteiger partial charge in [-0.2, -0.15) is 0 Å². The van der Waals surface area contributed by atoms with Gasteiger partial charge >= 0.3 is 0 Å². The van der Waals surface area contributed by atoms with Gasteiger partial charge in [0.05, 0.1) is 14.2 Å². The second-order valence-electron chi connectivity index (χ2n) is 4.39. The van der Waals surface area contributed by atoms with Gasteiger partial charge in [-0.05, 0) is 36.7 Å². The van der Waals surface area contributed by atoms with Gasteiger partial charge in [-0.1, -0.05) is 0 Å². The highest BCUT2D eigenvalue weighted by atomic mass is 16.5. The summed E-state index contributed by atoms with van der Waals surface area (Å²) in [4.78, 5) is 2.29. The predicted molar refractivity (Wildman–Crippen MR) is 67.7 cm³/mol. The van der Waals surface area contributed by atoms with Crippen molar-refractivity contribution in [2.45, 2.75) is 12.5 Å². The van der Waals surface area contributed by atoms with Gasteiger partial charge < -0.3 is 15.2 Å². The molecule has 17 heavy (non-hydrogen) atoms. The smallest absolute Gasteiger partial charge is 0.161 e. The standard InChI is InChI=1S/C13H20N2O2/c1-15-5-4-9-6-12(16-2)13(17-3)7-10(9)11(15)8-14/h6-7,11H,4-5,8,14H2,1-3H3. The first-order valence-electron chi connectivity index (χ1n) is 5.86. The predicted octanol–water partition coefficient (Wildman–Crippen LogP) is 1.19. The SMILES string of the molecule is COc1cc2c(cc1OC)C(CN)N(C)CC2. The van der Waals surface area contributed by atoms with Gasteiger partial charge in [-0.25, -0.2) is 0 Å². The summed E-state index contributed by atoms with van der Waals surface area (Å²) in [7, 11) is 5.44. The third-order valence-corrected chi connectivity index (χ3v) is 3.49. The second kappa shape index (κ2) is 4.94. The summed E-state index contributed by atoms with van der Waals surface area (Å²) in [5.74, 6) is 1.58.